The average molecular weight is 394 g/mol. The van der Waals surface area contributed by atoms with Crippen molar-refractivity contribution in [3.05, 3.63) is 83.9 Å². The van der Waals surface area contributed by atoms with E-state index in [1.807, 2.05) is 36.4 Å². The van der Waals surface area contributed by atoms with Crippen molar-refractivity contribution in [2.75, 3.05) is 14.2 Å². The second-order valence-electron chi connectivity index (χ2n) is 6.69. The van der Waals surface area contributed by atoms with Crippen LogP contribution in [0.2, 0.25) is 0 Å². The summed E-state index contributed by atoms with van der Waals surface area (Å²) in [5.41, 5.74) is 1.89. The molecule has 0 N–H and O–H groups in total. The fourth-order valence-corrected chi connectivity index (χ4v) is 5.20. The Labute approximate surface area is 169 Å². The maximum atomic E-state index is 12.4. The first-order valence-corrected chi connectivity index (χ1v) is 10.4. The first-order valence-electron chi connectivity index (χ1n) is 9.20. The fraction of sp³-hybridized carbons (Fsp3) is 0.208. The summed E-state index contributed by atoms with van der Waals surface area (Å²) in [6.07, 6.45) is 0. The number of hydrogen-bond donors (Lipinski definition) is 0. The molecule has 0 aromatic heterocycles. The van der Waals surface area contributed by atoms with E-state index in [1.54, 1.807) is 7.11 Å². The molecule has 3 aromatic carbocycles. The van der Waals surface area contributed by atoms with Gasteiger partial charge in [-0.25, -0.2) is 4.79 Å². The summed E-state index contributed by atoms with van der Waals surface area (Å²) in [6, 6.07) is 24.4. The summed E-state index contributed by atoms with van der Waals surface area (Å²) >= 11 is 0. The number of esters is 1. The van der Waals surface area contributed by atoms with E-state index in [1.165, 1.54) is 12.7 Å². The first-order chi connectivity index (χ1) is 13.5. The second-order valence-corrected chi connectivity index (χ2v) is 8.69. The van der Waals surface area contributed by atoms with Crippen LogP contribution in [-0.2, 0) is 15.6 Å². The molecular formula is C24H25O3S+. The van der Waals surface area contributed by atoms with Gasteiger partial charge in [-0.3, -0.25) is 0 Å². The molecule has 28 heavy (non-hydrogen) atoms. The van der Waals surface area contributed by atoms with E-state index in [4.69, 9.17) is 9.47 Å². The van der Waals surface area contributed by atoms with Crippen molar-refractivity contribution in [3.63, 3.8) is 0 Å². The quantitative estimate of drug-likeness (QED) is 0.398. The zero-order valence-corrected chi connectivity index (χ0v) is 17.5. The number of ether oxygens (including phenoxy) is 2. The summed E-state index contributed by atoms with van der Waals surface area (Å²) in [4.78, 5) is 15.6. The Kier molecular flexibility index (Phi) is 6.42. The molecule has 0 amide bonds. The number of benzene rings is 3. The summed E-state index contributed by atoms with van der Waals surface area (Å²) in [5, 5.41) is 0. The number of methoxy groups -OCH3 is 2. The zero-order valence-electron chi connectivity index (χ0n) is 16.6. The number of carbonyl (C=O) groups excluding carboxylic acids is 1. The van der Waals surface area contributed by atoms with Gasteiger partial charge in [-0.1, -0.05) is 38.1 Å². The zero-order chi connectivity index (χ0) is 20.1. The minimum Gasteiger partial charge on any atom is -0.497 e. The van der Waals surface area contributed by atoms with Crippen LogP contribution < -0.4 is 4.74 Å². The normalized spacial score (nSPS) is 11.9. The van der Waals surface area contributed by atoms with Crippen molar-refractivity contribution in [1.82, 2.24) is 0 Å². The molecule has 0 saturated carbocycles. The highest BCUT2D eigenvalue weighted by Crippen LogP contribution is 2.35. The lowest BCUT2D eigenvalue weighted by Crippen LogP contribution is -2.12. The largest absolute Gasteiger partial charge is 0.497 e. The minimum absolute atomic E-state index is 0.319. The van der Waals surface area contributed by atoms with Gasteiger partial charge in [0.05, 0.1) is 14.2 Å². The maximum absolute atomic E-state index is 12.4. The second kappa shape index (κ2) is 8.98. The molecular weight excluding hydrogens is 368 g/mol. The third-order valence-electron chi connectivity index (χ3n) is 4.59. The molecule has 1 atom stereocenters. The molecule has 0 aliphatic carbocycles. The smallest absolute Gasteiger partial charge is 0.343 e. The highest BCUT2D eigenvalue weighted by Gasteiger charge is 2.33. The predicted octanol–water partition coefficient (Wildman–Crippen LogP) is 5.70. The molecule has 0 radical (unpaired) electrons. The van der Waals surface area contributed by atoms with E-state index in [2.05, 4.69) is 50.2 Å². The molecule has 0 aliphatic heterocycles. The average Bonchev–Trinajstić information content (AvgIpc) is 2.74. The highest BCUT2D eigenvalue weighted by atomic mass is 32.2. The van der Waals surface area contributed by atoms with E-state index in [0.717, 1.165) is 20.4 Å². The Hall–Kier alpha value is -2.72. The van der Waals surface area contributed by atoms with Crippen LogP contribution in [-0.4, -0.2) is 20.2 Å². The van der Waals surface area contributed by atoms with Crippen molar-refractivity contribution in [2.24, 2.45) is 0 Å². The van der Waals surface area contributed by atoms with E-state index < -0.39 is 10.9 Å². The molecule has 3 rings (SSSR count). The van der Waals surface area contributed by atoms with Crippen LogP contribution in [0.4, 0.5) is 0 Å². The summed E-state index contributed by atoms with van der Waals surface area (Å²) in [7, 11) is 2.64. The van der Waals surface area contributed by atoms with Crippen LogP contribution in [0.3, 0.4) is 0 Å². The molecule has 144 valence electrons. The number of carbonyl (C=O) groups is 1. The Bertz CT molecular complexity index is 931. The first kappa shape index (κ1) is 20.0. The molecule has 4 heteroatoms. The molecule has 0 fully saturated rings. The van der Waals surface area contributed by atoms with Gasteiger partial charge in [0.25, 0.3) is 0 Å². The number of rotatable bonds is 6. The Balaban J connectivity index is 2.16. The third-order valence-corrected chi connectivity index (χ3v) is 6.87. The van der Waals surface area contributed by atoms with E-state index in [9.17, 15) is 4.79 Å². The minimum atomic E-state index is -0.437. The van der Waals surface area contributed by atoms with E-state index >= 15 is 0 Å². The molecule has 3 nitrogen and oxygen atoms in total. The van der Waals surface area contributed by atoms with Crippen LogP contribution in [0, 0.1) is 0 Å². The lowest BCUT2D eigenvalue weighted by atomic mass is 10.0. The molecule has 0 bridgehead atoms. The van der Waals surface area contributed by atoms with Crippen LogP contribution in [0.1, 0.15) is 35.7 Å². The molecule has 0 spiro atoms. The number of hydrogen-bond acceptors (Lipinski definition) is 3. The summed E-state index contributed by atoms with van der Waals surface area (Å²) in [5.74, 6) is 0.961. The molecule has 0 saturated heterocycles. The SMILES string of the molecule is COC(=O)c1ccccc1[S+](c1ccc(OC)cc1)c1ccc(C(C)C)cc1. The Morgan fingerprint density at radius 1 is 0.821 bits per heavy atom. The third kappa shape index (κ3) is 4.23. The highest BCUT2D eigenvalue weighted by molar-refractivity contribution is 7.97. The van der Waals surface area contributed by atoms with Gasteiger partial charge in [0.2, 0.25) is 0 Å². The van der Waals surface area contributed by atoms with Crippen LogP contribution in [0.25, 0.3) is 0 Å². The van der Waals surface area contributed by atoms with Crippen LogP contribution in [0.5, 0.6) is 5.75 Å². The predicted molar refractivity (Wildman–Crippen MR) is 113 cm³/mol. The molecule has 0 heterocycles. The van der Waals surface area contributed by atoms with Gasteiger partial charge in [-0.15, -0.1) is 0 Å². The van der Waals surface area contributed by atoms with Crippen molar-refractivity contribution in [3.8, 4) is 5.75 Å². The van der Waals surface area contributed by atoms with Gasteiger partial charge in [0.15, 0.2) is 14.7 Å². The van der Waals surface area contributed by atoms with Crippen LogP contribution >= 0.6 is 0 Å². The van der Waals surface area contributed by atoms with Gasteiger partial charge in [0.1, 0.15) is 22.2 Å². The van der Waals surface area contributed by atoms with Crippen molar-refractivity contribution >= 4 is 16.9 Å². The van der Waals surface area contributed by atoms with Gasteiger partial charge in [0, 0.05) is 0 Å². The van der Waals surface area contributed by atoms with Crippen molar-refractivity contribution < 1.29 is 14.3 Å². The summed E-state index contributed by atoms with van der Waals surface area (Å²) < 4.78 is 10.3. The Morgan fingerprint density at radius 3 is 1.93 bits per heavy atom. The van der Waals surface area contributed by atoms with E-state index in [-0.39, 0.29) is 5.97 Å². The van der Waals surface area contributed by atoms with Gasteiger partial charge >= 0.3 is 5.97 Å². The monoisotopic (exact) mass is 393 g/mol. The Morgan fingerprint density at radius 2 is 1.39 bits per heavy atom. The topological polar surface area (TPSA) is 35.5 Å². The lowest BCUT2D eigenvalue weighted by molar-refractivity contribution is 0.0596. The standard InChI is InChI=1S/C24H25O3S/c1-17(2)18-9-13-20(14-10-18)28(21-15-11-19(26-3)12-16-21)23-8-6-5-7-22(23)24(25)27-4/h5-17H,1-4H3/q+1. The lowest BCUT2D eigenvalue weighted by Gasteiger charge is -2.12. The van der Waals surface area contributed by atoms with Gasteiger partial charge in [-0.2, -0.15) is 0 Å². The maximum Gasteiger partial charge on any atom is 0.343 e. The molecule has 1 unspecified atom stereocenters. The van der Waals surface area contributed by atoms with E-state index in [0.29, 0.717) is 11.5 Å². The van der Waals surface area contributed by atoms with Crippen molar-refractivity contribution in [1.29, 1.82) is 0 Å². The van der Waals surface area contributed by atoms with Crippen LogP contribution in [0.15, 0.2) is 87.5 Å². The van der Waals surface area contributed by atoms with Gasteiger partial charge in [-0.05, 0) is 60.0 Å². The molecule has 3 aromatic rings. The molecule has 0 aliphatic rings. The summed E-state index contributed by atoms with van der Waals surface area (Å²) in [6.45, 7) is 4.37. The van der Waals surface area contributed by atoms with Gasteiger partial charge < -0.3 is 9.47 Å². The fourth-order valence-electron chi connectivity index (χ4n) is 3.01. The van der Waals surface area contributed by atoms with Crippen molar-refractivity contribution in [2.45, 2.75) is 34.5 Å².